The van der Waals surface area contributed by atoms with Gasteiger partial charge >= 0.3 is 0 Å². The van der Waals surface area contributed by atoms with Crippen LogP contribution in [0.25, 0.3) is 0 Å². The molecular formula is C13H23N3OS. The van der Waals surface area contributed by atoms with E-state index in [9.17, 15) is 0 Å². The number of unbranched alkanes of at least 4 members (excludes halogenated alkanes) is 2. The first-order valence-electron chi connectivity index (χ1n) is 6.45. The third kappa shape index (κ3) is 6.69. The maximum atomic E-state index is 5.52. The Hall–Kier alpha value is -0.970. The fourth-order valence-corrected chi connectivity index (χ4v) is 1.98. The van der Waals surface area contributed by atoms with E-state index >= 15 is 0 Å². The van der Waals surface area contributed by atoms with Crippen LogP contribution < -0.4 is 10.1 Å². The molecule has 1 rings (SSSR count). The van der Waals surface area contributed by atoms with Crippen LogP contribution >= 0.6 is 11.8 Å². The second-order valence-electron chi connectivity index (χ2n) is 4.37. The van der Waals surface area contributed by atoms with Gasteiger partial charge in [0.05, 0.1) is 6.10 Å². The molecule has 0 radical (unpaired) electrons. The van der Waals surface area contributed by atoms with E-state index < -0.39 is 0 Å². The third-order valence-corrected chi connectivity index (χ3v) is 2.99. The van der Waals surface area contributed by atoms with Gasteiger partial charge in [-0.2, -0.15) is 16.7 Å². The molecule has 0 aromatic carbocycles. The first-order valence-corrected chi connectivity index (χ1v) is 7.84. The average Bonchev–Trinajstić information content (AvgIpc) is 2.33. The van der Waals surface area contributed by atoms with Crippen LogP contribution in [-0.2, 0) is 0 Å². The molecule has 0 saturated carbocycles. The minimum atomic E-state index is 0.138. The maximum Gasteiger partial charge on any atom is 0.225 e. The molecule has 1 N–H and O–H groups in total. The van der Waals surface area contributed by atoms with Crippen molar-refractivity contribution in [1.82, 2.24) is 9.97 Å². The second kappa shape index (κ2) is 9.03. The minimum absolute atomic E-state index is 0.138. The number of rotatable bonds is 9. The summed E-state index contributed by atoms with van der Waals surface area (Å²) in [5.74, 6) is 2.52. The molecule has 18 heavy (non-hydrogen) atoms. The molecule has 0 aliphatic rings. The zero-order chi connectivity index (χ0) is 13.2. The maximum absolute atomic E-state index is 5.52. The summed E-state index contributed by atoms with van der Waals surface area (Å²) in [7, 11) is 0. The summed E-state index contributed by atoms with van der Waals surface area (Å²) in [6.07, 6.45) is 7.68. The van der Waals surface area contributed by atoms with Crippen LogP contribution in [0, 0.1) is 0 Å². The third-order valence-electron chi connectivity index (χ3n) is 2.29. The molecule has 0 saturated heterocycles. The highest BCUT2D eigenvalue weighted by atomic mass is 32.2. The largest absolute Gasteiger partial charge is 0.475 e. The molecule has 0 aliphatic heterocycles. The Balaban J connectivity index is 2.25. The van der Waals surface area contributed by atoms with Gasteiger partial charge < -0.3 is 10.1 Å². The Morgan fingerprint density at radius 2 is 2.17 bits per heavy atom. The lowest BCUT2D eigenvalue weighted by Crippen LogP contribution is -2.10. The SMILES string of the molecule is CSCCCCCNc1nccc(OC(C)C)n1. The molecular weight excluding hydrogens is 246 g/mol. The topological polar surface area (TPSA) is 47.0 Å². The average molecular weight is 269 g/mol. The van der Waals surface area contributed by atoms with E-state index in [-0.39, 0.29) is 6.10 Å². The van der Waals surface area contributed by atoms with E-state index in [4.69, 9.17) is 4.74 Å². The summed E-state index contributed by atoms with van der Waals surface area (Å²) in [6.45, 7) is 4.89. The van der Waals surface area contributed by atoms with Crippen LogP contribution in [0.5, 0.6) is 5.88 Å². The first-order chi connectivity index (χ1) is 8.72. The predicted octanol–water partition coefficient (Wildman–Crippen LogP) is 3.21. The van der Waals surface area contributed by atoms with Gasteiger partial charge in [-0.15, -0.1) is 0 Å². The molecule has 5 heteroatoms. The van der Waals surface area contributed by atoms with Crippen LogP contribution in [0.2, 0.25) is 0 Å². The van der Waals surface area contributed by atoms with Gasteiger partial charge in [0.15, 0.2) is 0 Å². The van der Waals surface area contributed by atoms with Crippen molar-refractivity contribution in [3.63, 3.8) is 0 Å². The lowest BCUT2D eigenvalue weighted by atomic mass is 10.2. The van der Waals surface area contributed by atoms with E-state index in [0.717, 1.165) is 13.0 Å². The minimum Gasteiger partial charge on any atom is -0.475 e. The van der Waals surface area contributed by atoms with Crippen molar-refractivity contribution in [3.8, 4) is 5.88 Å². The zero-order valence-corrected chi connectivity index (χ0v) is 12.3. The fraction of sp³-hybridized carbons (Fsp3) is 0.692. The van der Waals surface area contributed by atoms with Crippen molar-refractivity contribution in [2.75, 3.05) is 23.9 Å². The highest BCUT2D eigenvalue weighted by Crippen LogP contribution is 2.10. The summed E-state index contributed by atoms with van der Waals surface area (Å²) in [5, 5.41) is 3.23. The Kier molecular flexibility index (Phi) is 7.57. The van der Waals surface area contributed by atoms with Gasteiger partial charge in [0.1, 0.15) is 0 Å². The van der Waals surface area contributed by atoms with Crippen molar-refractivity contribution < 1.29 is 4.74 Å². The molecule has 0 fully saturated rings. The van der Waals surface area contributed by atoms with Gasteiger partial charge in [0.2, 0.25) is 11.8 Å². The van der Waals surface area contributed by atoms with Gasteiger partial charge in [0.25, 0.3) is 0 Å². The fourth-order valence-electron chi connectivity index (χ4n) is 1.48. The Bertz CT molecular complexity index is 334. The predicted molar refractivity (Wildman–Crippen MR) is 78.5 cm³/mol. The normalized spacial score (nSPS) is 10.7. The number of ether oxygens (including phenoxy) is 1. The number of aromatic nitrogens is 2. The van der Waals surface area contributed by atoms with Crippen LogP contribution in [0.3, 0.4) is 0 Å². The van der Waals surface area contributed by atoms with Crippen LogP contribution in [-0.4, -0.2) is 34.6 Å². The molecule has 102 valence electrons. The van der Waals surface area contributed by atoms with E-state index in [0.29, 0.717) is 11.8 Å². The molecule has 4 nitrogen and oxygen atoms in total. The van der Waals surface area contributed by atoms with Gasteiger partial charge in [0, 0.05) is 18.8 Å². The van der Waals surface area contributed by atoms with E-state index in [1.165, 1.54) is 18.6 Å². The van der Waals surface area contributed by atoms with Crippen molar-refractivity contribution in [2.24, 2.45) is 0 Å². The van der Waals surface area contributed by atoms with Crippen LogP contribution in [0.1, 0.15) is 33.1 Å². The smallest absolute Gasteiger partial charge is 0.225 e. The van der Waals surface area contributed by atoms with E-state index in [1.54, 1.807) is 12.3 Å². The number of hydrogen-bond acceptors (Lipinski definition) is 5. The van der Waals surface area contributed by atoms with Gasteiger partial charge in [-0.3, -0.25) is 0 Å². The number of thioether (sulfide) groups is 1. The number of hydrogen-bond donors (Lipinski definition) is 1. The van der Waals surface area contributed by atoms with E-state index in [1.807, 2.05) is 25.6 Å². The lowest BCUT2D eigenvalue weighted by molar-refractivity contribution is 0.232. The molecule has 0 bridgehead atoms. The molecule has 0 unspecified atom stereocenters. The summed E-state index contributed by atoms with van der Waals surface area (Å²) in [4.78, 5) is 8.47. The number of nitrogens with zero attached hydrogens (tertiary/aromatic N) is 2. The molecule has 0 atom stereocenters. The molecule has 0 amide bonds. The summed E-state index contributed by atoms with van der Waals surface area (Å²) in [6, 6.07) is 1.78. The van der Waals surface area contributed by atoms with Gasteiger partial charge in [-0.1, -0.05) is 6.42 Å². The van der Waals surface area contributed by atoms with Gasteiger partial charge in [-0.25, -0.2) is 4.98 Å². The van der Waals surface area contributed by atoms with Crippen molar-refractivity contribution in [1.29, 1.82) is 0 Å². The molecule has 1 aromatic rings. The highest BCUT2D eigenvalue weighted by molar-refractivity contribution is 7.98. The van der Waals surface area contributed by atoms with Crippen molar-refractivity contribution >= 4 is 17.7 Å². The summed E-state index contributed by atoms with van der Waals surface area (Å²) < 4.78 is 5.52. The Morgan fingerprint density at radius 3 is 2.89 bits per heavy atom. The molecule has 1 heterocycles. The number of anilines is 1. The first kappa shape index (κ1) is 15.1. The second-order valence-corrected chi connectivity index (χ2v) is 5.35. The van der Waals surface area contributed by atoms with Gasteiger partial charge in [-0.05, 0) is 38.7 Å². The Labute approximate surface area is 114 Å². The lowest BCUT2D eigenvalue weighted by Gasteiger charge is -2.09. The van der Waals surface area contributed by atoms with Crippen molar-refractivity contribution in [3.05, 3.63) is 12.3 Å². The monoisotopic (exact) mass is 269 g/mol. The quantitative estimate of drug-likeness (QED) is 0.698. The number of nitrogens with one attached hydrogen (secondary N) is 1. The molecule has 0 spiro atoms. The highest BCUT2D eigenvalue weighted by Gasteiger charge is 2.01. The zero-order valence-electron chi connectivity index (χ0n) is 11.5. The van der Waals surface area contributed by atoms with Crippen LogP contribution in [0.4, 0.5) is 5.95 Å². The molecule has 1 aromatic heterocycles. The van der Waals surface area contributed by atoms with Crippen molar-refractivity contribution in [2.45, 2.75) is 39.2 Å². The molecule has 0 aliphatic carbocycles. The summed E-state index contributed by atoms with van der Waals surface area (Å²) >= 11 is 1.90. The van der Waals surface area contributed by atoms with E-state index in [2.05, 4.69) is 21.5 Å². The Morgan fingerprint density at radius 1 is 1.33 bits per heavy atom. The standard InChI is InChI=1S/C13H23N3OS/c1-11(2)17-12-7-9-15-13(16-12)14-8-5-4-6-10-18-3/h7,9,11H,4-6,8,10H2,1-3H3,(H,14,15,16). The van der Waals surface area contributed by atoms with Crippen LogP contribution in [0.15, 0.2) is 12.3 Å². The summed E-state index contributed by atoms with van der Waals surface area (Å²) in [5.41, 5.74) is 0.